The van der Waals surface area contributed by atoms with Crippen molar-refractivity contribution in [1.82, 2.24) is 4.90 Å². The highest BCUT2D eigenvalue weighted by atomic mass is 19.3. The van der Waals surface area contributed by atoms with Crippen LogP contribution in [0.4, 0.5) is 8.78 Å². The lowest BCUT2D eigenvalue weighted by Crippen LogP contribution is -2.54. The van der Waals surface area contributed by atoms with Crippen molar-refractivity contribution in [3.8, 4) is 11.5 Å². The predicted molar refractivity (Wildman–Crippen MR) is 62.9 cm³/mol. The Kier molecular flexibility index (Phi) is 3.98. The fourth-order valence-corrected chi connectivity index (χ4v) is 2.00. The van der Waals surface area contributed by atoms with E-state index in [1.165, 1.54) is 7.11 Å². The van der Waals surface area contributed by atoms with Gasteiger partial charge in [-0.1, -0.05) is 6.07 Å². The van der Waals surface area contributed by atoms with E-state index in [1.54, 1.807) is 12.1 Å². The number of halogens is 2. The number of benzene rings is 1. The van der Waals surface area contributed by atoms with E-state index in [0.29, 0.717) is 12.3 Å². The number of likely N-dealkylation sites (tertiary alicyclic amines) is 1. The Morgan fingerprint density at radius 1 is 1.39 bits per heavy atom. The van der Waals surface area contributed by atoms with Crippen molar-refractivity contribution in [2.45, 2.75) is 19.2 Å². The van der Waals surface area contributed by atoms with Crippen LogP contribution >= 0.6 is 0 Å². The van der Waals surface area contributed by atoms with E-state index < -0.39 is 6.61 Å². The molecule has 1 aliphatic rings. The lowest BCUT2D eigenvalue weighted by molar-refractivity contribution is -0.0512. The topological polar surface area (TPSA) is 47.7 Å². The average Bonchev–Trinajstić information content (AvgIpc) is 2.26. The van der Waals surface area contributed by atoms with Gasteiger partial charge in [-0.2, -0.15) is 8.78 Å². The van der Waals surface area contributed by atoms with Gasteiger partial charge in [-0.15, -0.1) is 0 Å². The molecule has 1 aromatic carbocycles. The molecule has 2 rings (SSSR count). The number of nitrogens with zero attached hydrogens (tertiary/aromatic N) is 1. The van der Waals surface area contributed by atoms with Crippen molar-refractivity contribution in [2.24, 2.45) is 5.73 Å². The van der Waals surface area contributed by atoms with Crippen LogP contribution in [-0.2, 0) is 6.54 Å². The summed E-state index contributed by atoms with van der Waals surface area (Å²) in [7, 11) is 1.42. The molecule has 0 radical (unpaired) electrons. The average molecular weight is 258 g/mol. The second-order valence-electron chi connectivity index (χ2n) is 4.32. The zero-order valence-corrected chi connectivity index (χ0v) is 10.1. The SMILES string of the molecule is COc1ccc(CN2CC(N)C2)cc1OC(F)F. The van der Waals surface area contributed by atoms with Gasteiger partial charge < -0.3 is 15.2 Å². The van der Waals surface area contributed by atoms with Crippen molar-refractivity contribution in [1.29, 1.82) is 0 Å². The van der Waals surface area contributed by atoms with Gasteiger partial charge in [0.1, 0.15) is 0 Å². The summed E-state index contributed by atoms with van der Waals surface area (Å²) in [5.74, 6) is 0.370. The normalized spacial score (nSPS) is 16.7. The molecular formula is C12H16F2N2O2. The molecule has 0 saturated carbocycles. The number of alkyl halides is 2. The van der Waals surface area contributed by atoms with Gasteiger partial charge in [-0.3, -0.25) is 4.90 Å². The molecule has 4 nitrogen and oxygen atoms in total. The largest absolute Gasteiger partial charge is 0.493 e. The van der Waals surface area contributed by atoms with Crippen LogP contribution in [0.5, 0.6) is 11.5 Å². The van der Waals surface area contributed by atoms with Gasteiger partial charge in [-0.25, -0.2) is 0 Å². The molecule has 0 atom stereocenters. The van der Waals surface area contributed by atoms with Crippen molar-refractivity contribution >= 4 is 0 Å². The first kappa shape index (κ1) is 13.0. The highest BCUT2D eigenvalue weighted by Gasteiger charge is 2.23. The van der Waals surface area contributed by atoms with E-state index in [2.05, 4.69) is 9.64 Å². The summed E-state index contributed by atoms with van der Waals surface area (Å²) in [6.45, 7) is -0.516. The Balaban J connectivity index is 2.07. The number of methoxy groups -OCH3 is 1. The molecule has 0 bridgehead atoms. The summed E-state index contributed by atoms with van der Waals surface area (Å²) in [6, 6.07) is 5.27. The first-order chi connectivity index (χ1) is 8.58. The van der Waals surface area contributed by atoms with Crippen molar-refractivity contribution < 1.29 is 18.3 Å². The lowest BCUT2D eigenvalue weighted by Gasteiger charge is -2.36. The van der Waals surface area contributed by atoms with E-state index in [9.17, 15) is 8.78 Å². The minimum Gasteiger partial charge on any atom is -0.493 e. The summed E-state index contributed by atoms with van der Waals surface area (Å²) in [6.07, 6.45) is 0. The van der Waals surface area contributed by atoms with Crippen LogP contribution in [-0.4, -0.2) is 37.8 Å². The number of hydrogen-bond acceptors (Lipinski definition) is 4. The third-order valence-corrected chi connectivity index (χ3v) is 2.84. The number of nitrogens with two attached hydrogens (primary N) is 1. The maximum absolute atomic E-state index is 12.3. The van der Waals surface area contributed by atoms with Crippen LogP contribution in [0.2, 0.25) is 0 Å². The van der Waals surface area contributed by atoms with E-state index in [-0.39, 0.29) is 11.8 Å². The third-order valence-electron chi connectivity index (χ3n) is 2.84. The van der Waals surface area contributed by atoms with Gasteiger partial charge >= 0.3 is 6.61 Å². The van der Waals surface area contributed by atoms with Crippen LogP contribution in [0.3, 0.4) is 0 Å². The highest BCUT2D eigenvalue weighted by molar-refractivity contribution is 5.43. The fourth-order valence-electron chi connectivity index (χ4n) is 2.00. The van der Waals surface area contributed by atoms with E-state index in [0.717, 1.165) is 18.7 Å². The van der Waals surface area contributed by atoms with Crippen LogP contribution in [0.15, 0.2) is 18.2 Å². The molecule has 1 fully saturated rings. The van der Waals surface area contributed by atoms with Crippen LogP contribution in [0.1, 0.15) is 5.56 Å². The van der Waals surface area contributed by atoms with Crippen molar-refractivity contribution in [2.75, 3.05) is 20.2 Å². The molecule has 6 heteroatoms. The number of ether oxygens (including phenoxy) is 2. The number of hydrogen-bond donors (Lipinski definition) is 1. The molecule has 100 valence electrons. The lowest BCUT2D eigenvalue weighted by atomic mass is 10.1. The molecule has 1 aromatic rings. The van der Waals surface area contributed by atoms with Gasteiger partial charge in [0, 0.05) is 25.7 Å². The van der Waals surface area contributed by atoms with Gasteiger partial charge in [0.15, 0.2) is 11.5 Å². The minimum atomic E-state index is -2.86. The Bertz CT molecular complexity index is 409. The second kappa shape index (κ2) is 5.49. The Morgan fingerprint density at radius 3 is 2.67 bits per heavy atom. The molecule has 0 aliphatic carbocycles. The first-order valence-corrected chi connectivity index (χ1v) is 5.68. The first-order valence-electron chi connectivity index (χ1n) is 5.68. The summed E-state index contributed by atoms with van der Waals surface area (Å²) in [5, 5.41) is 0. The Hall–Kier alpha value is -1.40. The van der Waals surface area contributed by atoms with Crippen molar-refractivity contribution in [3.05, 3.63) is 23.8 Å². The molecule has 0 aromatic heterocycles. The van der Waals surface area contributed by atoms with Gasteiger partial charge in [0.25, 0.3) is 0 Å². The van der Waals surface area contributed by atoms with Crippen molar-refractivity contribution in [3.63, 3.8) is 0 Å². The predicted octanol–water partition coefficient (Wildman–Crippen LogP) is 1.44. The van der Waals surface area contributed by atoms with E-state index in [4.69, 9.17) is 10.5 Å². The molecule has 18 heavy (non-hydrogen) atoms. The summed E-state index contributed by atoms with van der Waals surface area (Å²) < 4.78 is 33.9. The van der Waals surface area contributed by atoms with Crippen LogP contribution in [0, 0.1) is 0 Å². The Labute approximate surface area is 104 Å². The molecule has 0 amide bonds. The maximum atomic E-state index is 12.3. The molecule has 1 heterocycles. The molecule has 1 saturated heterocycles. The summed E-state index contributed by atoms with van der Waals surface area (Å²) in [5.41, 5.74) is 6.58. The monoisotopic (exact) mass is 258 g/mol. The summed E-state index contributed by atoms with van der Waals surface area (Å²) in [4.78, 5) is 2.14. The van der Waals surface area contributed by atoms with Crippen LogP contribution in [0.25, 0.3) is 0 Å². The van der Waals surface area contributed by atoms with Gasteiger partial charge in [0.05, 0.1) is 7.11 Å². The molecule has 2 N–H and O–H groups in total. The standard InChI is InChI=1S/C12H16F2N2O2/c1-17-10-3-2-8(4-11(10)18-12(13)14)5-16-6-9(15)7-16/h2-4,9,12H,5-7,15H2,1H3. The second-order valence-corrected chi connectivity index (χ2v) is 4.32. The minimum absolute atomic E-state index is 0.0646. The Morgan fingerprint density at radius 2 is 2.11 bits per heavy atom. The maximum Gasteiger partial charge on any atom is 0.387 e. The summed E-state index contributed by atoms with van der Waals surface area (Å²) >= 11 is 0. The molecule has 1 aliphatic heterocycles. The van der Waals surface area contributed by atoms with E-state index >= 15 is 0 Å². The molecule has 0 unspecified atom stereocenters. The highest BCUT2D eigenvalue weighted by Crippen LogP contribution is 2.30. The van der Waals surface area contributed by atoms with E-state index in [1.807, 2.05) is 6.07 Å². The quantitative estimate of drug-likeness (QED) is 0.868. The van der Waals surface area contributed by atoms with Crippen LogP contribution < -0.4 is 15.2 Å². The van der Waals surface area contributed by atoms with Gasteiger partial charge in [-0.05, 0) is 17.7 Å². The zero-order chi connectivity index (χ0) is 13.1. The zero-order valence-electron chi connectivity index (χ0n) is 10.1. The fraction of sp³-hybridized carbons (Fsp3) is 0.500. The van der Waals surface area contributed by atoms with Gasteiger partial charge in [0.2, 0.25) is 0 Å². The smallest absolute Gasteiger partial charge is 0.387 e. The number of rotatable bonds is 5. The molecular weight excluding hydrogens is 242 g/mol. The molecule has 0 spiro atoms. The third kappa shape index (κ3) is 3.08.